The predicted octanol–water partition coefficient (Wildman–Crippen LogP) is 1.69. The smallest absolute Gasteiger partial charge is 0.251 e. The molecule has 0 bridgehead atoms. The van der Waals surface area contributed by atoms with Crippen LogP contribution in [0.3, 0.4) is 0 Å². The number of alkyl halides is 1. The van der Waals surface area contributed by atoms with E-state index in [4.69, 9.17) is 4.74 Å². The molecule has 2 rings (SSSR count). The number of amides is 1. The molecule has 2 unspecified atom stereocenters. The first-order chi connectivity index (χ1) is 9.20. The zero-order chi connectivity index (χ0) is 13.7. The Labute approximate surface area is 122 Å². The van der Waals surface area contributed by atoms with Crippen LogP contribution in [0, 0.1) is 0 Å². The highest BCUT2D eigenvalue weighted by atomic mass is 79.9. The number of benzene rings is 1. The third kappa shape index (κ3) is 4.03. The topological polar surface area (TPSA) is 50.4 Å². The van der Waals surface area contributed by atoms with Gasteiger partial charge in [0.25, 0.3) is 5.91 Å². The summed E-state index contributed by atoms with van der Waals surface area (Å²) in [5, 5.41) is 7.05. The molecule has 0 aromatic heterocycles. The summed E-state index contributed by atoms with van der Waals surface area (Å²) in [7, 11) is 0. The summed E-state index contributed by atoms with van der Waals surface area (Å²) >= 11 is 3.39. The number of nitrogens with one attached hydrogen (secondary N) is 2. The zero-order valence-electron chi connectivity index (χ0n) is 11.0. The van der Waals surface area contributed by atoms with Crippen molar-refractivity contribution in [3.63, 3.8) is 0 Å². The van der Waals surface area contributed by atoms with E-state index in [9.17, 15) is 4.79 Å². The molecule has 1 saturated heterocycles. The van der Waals surface area contributed by atoms with E-state index >= 15 is 0 Å². The molecular formula is C14H19BrN2O2. The fourth-order valence-corrected chi connectivity index (χ4v) is 2.41. The predicted molar refractivity (Wildman–Crippen MR) is 78.6 cm³/mol. The van der Waals surface area contributed by atoms with Crippen LogP contribution in [0.25, 0.3) is 0 Å². The van der Waals surface area contributed by atoms with Crippen LogP contribution in [0.2, 0.25) is 0 Å². The quantitative estimate of drug-likeness (QED) is 0.828. The molecular weight excluding hydrogens is 308 g/mol. The first-order valence-corrected chi connectivity index (χ1v) is 7.61. The number of ether oxygens (including phenoxy) is 1. The molecule has 1 aromatic rings. The normalized spacial score (nSPS) is 20.8. The number of carbonyl (C=O) groups is 1. The highest BCUT2D eigenvalue weighted by Gasteiger charge is 2.22. The molecule has 4 nitrogen and oxygen atoms in total. The van der Waals surface area contributed by atoms with Crippen LogP contribution >= 0.6 is 15.9 Å². The molecule has 1 aliphatic rings. The van der Waals surface area contributed by atoms with Gasteiger partial charge in [-0.2, -0.15) is 0 Å². The minimum absolute atomic E-state index is 0.00356. The Balaban J connectivity index is 1.91. The molecule has 1 amide bonds. The van der Waals surface area contributed by atoms with Crippen molar-refractivity contribution in [1.82, 2.24) is 10.6 Å². The zero-order valence-corrected chi connectivity index (χ0v) is 12.6. The van der Waals surface area contributed by atoms with Gasteiger partial charge in [-0.05, 0) is 24.6 Å². The molecule has 0 spiro atoms. The molecule has 0 saturated carbocycles. The first kappa shape index (κ1) is 14.5. The van der Waals surface area contributed by atoms with Crippen molar-refractivity contribution >= 4 is 21.8 Å². The Morgan fingerprint density at radius 3 is 2.84 bits per heavy atom. The second kappa shape index (κ2) is 7.03. The highest BCUT2D eigenvalue weighted by molar-refractivity contribution is 9.08. The maximum atomic E-state index is 12.1. The Bertz CT molecular complexity index is 416. The number of hydrogen-bond acceptors (Lipinski definition) is 3. The van der Waals surface area contributed by atoms with E-state index < -0.39 is 0 Å². The van der Waals surface area contributed by atoms with Crippen LogP contribution in [0.1, 0.15) is 22.8 Å². The minimum atomic E-state index is -0.0530. The van der Waals surface area contributed by atoms with Crippen molar-refractivity contribution in [3.8, 4) is 0 Å². The summed E-state index contributed by atoms with van der Waals surface area (Å²) in [6.45, 7) is 4.34. The summed E-state index contributed by atoms with van der Waals surface area (Å²) in [5.41, 5.74) is 1.84. The van der Waals surface area contributed by atoms with Gasteiger partial charge in [-0.1, -0.05) is 28.1 Å². The van der Waals surface area contributed by atoms with Gasteiger partial charge in [0.1, 0.15) is 0 Å². The molecule has 1 aliphatic heterocycles. The van der Waals surface area contributed by atoms with Gasteiger partial charge in [0, 0.05) is 24.0 Å². The van der Waals surface area contributed by atoms with Gasteiger partial charge >= 0.3 is 0 Å². The van der Waals surface area contributed by atoms with Crippen LogP contribution < -0.4 is 10.6 Å². The SMILES string of the molecule is CC(NC(=O)c1ccc(CBr)cc1)C1CNCCO1. The summed E-state index contributed by atoms with van der Waals surface area (Å²) in [4.78, 5) is 12.1. The number of halogens is 1. The summed E-state index contributed by atoms with van der Waals surface area (Å²) in [5.74, 6) is -0.0530. The number of morpholine rings is 1. The van der Waals surface area contributed by atoms with Crippen molar-refractivity contribution in [2.45, 2.75) is 24.4 Å². The minimum Gasteiger partial charge on any atom is -0.373 e. The van der Waals surface area contributed by atoms with E-state index in [1.807, 2.05) is 31.2 Å². The first-order valence-electron chi connectivity index (χ1n) is 6.49. The maximum absolute atomic E-state index is 12.1. The third-order valence-corrected chi connectivity index (χ3v) is 3.89. The molecule has 2 N–H and O–H groups in total. The van der Waals surface area contributed by atoms with E-state index in [0.29, 0.717) is 12.2 Å². The van der Waals surface area contributed by atoms with Crippen molar-refractivity contribution in [3.05, 3.63) is 35.4 Å². The molecule has 1 fully saturated rings. The van der Waals surface area contributed by atoms with Crippen molar-refractivity contribution in [1.29, 1.82) is 0 Å². The fourth-order valence-electron chi connectivity index (χ4n) is 2.04. The lowest BCUT2D eigenvalue weighted by Crippen LogP contribution is -2.50. The van der Waals surface area contributed by atoms with Gasteiger partial charge in [0.05, 0.1) is 18.8 Å². The van der Waals surface area contributed by atoms with Crippen molar-refractivity contribution in [2.24, 2.45) is 0 Å². The van der Waals surface area contributed by atoms with Crippen LogP contribution in [0.5, 0.6) is 0 Å². The average molecular weight is 327 g/mol. The summed E-state index contributed by atoms with van der Waals surface area (Å²) in [6.07, 6.45) is 0.0412. The van der Waals surface area contributed by atoms with E-state index in [1.165, 1.54) is 0 Å². The molecule has 1 aromatic carbocycles. The molecule has 1 heterocycles. The van der Waals surface area contributed by atoms with Crippen LogP contribution in [-0.4, -0.2) is 37.7 Å². The third-order valence-electron chi connectivity index (χ3n) is 3.24. The molecule has 104 valence electrons. The second-order valence-electron chi connectivity index (χ2n) is 4.71. The van der Waals surface area contributed by atoms with Gasteiger partial charge in [-0.3, -0.25) is 4.79 Å². The molecule has 0 radical (unpaired) electrons. The van der Waals surface area contributed by atoms with Gasteiger partial charge < -0.3 is 15.4 Å². The summed E-state index contributed by atoms with van der Waals surface area (Å²) < 4.78 is 5.63. The summed E-state index contributed by atoms with van der Waals surface area (Å²) in [6, 6.07) is 7.59. The number of rotatable bonds is 4. The highest BCUT2D eigenvalue weighted by Crippen LogP contribution is 2.09. The van der Waals surface area contributed by atoms with Crippen LogP contribution in [0.4, 0.5) is 0 Å². The Morgan fingerprint density at radius 1 is 1.53 bits per heavy atom. The fraction of sp³-hybridized carbons (Fsp3) is 0.500. The van der Waals surface area contributed by atoms with Crippen LogP contribution in [0.15, 0.2) is 24.3 Å². The van der Waals surface area contributed by atoms with E-state index in [2.05, 4.69) is 26.6 Å². The molecule has 19 heavy (non-hydrogen) atoms. The lowest BCUT2D eigenvalue weighted by atomic mass is 10.1. The lowest BCUT2D eigenvalue weighted by molar-refractivity contribution is 0.00860. The molecule has 0 aliphatic carbocycles. The number of carbonyl (C=O) groups excluding carboxylic acids is 1. The number of hydrogen-bond donors (Lipinski definition) is 2. The molecule has 2 atom stereocenters. The van der Waals surface area contributed by atoms with Gasteiger partial charge in [-0.25, -0.2) is 0 Å². The van der Waals surface area contributed by atoms with Gasteiger partial charge in [0.2, 0.25) is 0 Å². The lowest BCUT2D eigenvalue weighted by Gasteiger charge is -2.29. The Morgan fingerprint density at radius 2 is 2.26 bits per heavy atom. The van der Waals surface area contributed by atoms with Gasteiger partial charge in [0.15, 0.2) is 0 Å². The van der Waals surface area contributed by atoms with E-state index in [-0.39, 0.29) is 18.1 Å². The largest absolute Gasteiger partial charge is 0.373 e. The van der Waals surface area contributed by atoms with E-state index in [0.717, 1.165) is 24.0 Å². The monoisotopic (exact) mass is 326 g/mol. The van der Waals surface area contributed by atoms with Gasteiger partial charge in [-0.15, -0.1) is 0 Å². The average Bonchev–Trinajstić information content (AvgIpc) is 2.48. The van der Waals surface area contributed by atoms with E-state index in [1.54, 1.807) is 0 Å². The maximum Gasteiger partial charge on any atom is 0.251 e. The van der Waals surface area contributed by atoms with Crippen molar-refractivity contribution < 1.29 is 9.53 Å². The molecule has 5 heteroatoms. The Kier molecular flexibility index (Phi) is 5.36. The Hall–Kier alpha value is -0.910. The standard InChI is InChI=1S/C14H19BrN2O2/c1-10(13-9-16-6-7-19-13)17-14(18)12-4-2-11(8-15)3-5-12/h2-5,10,13,16H,6-9H2,1H3,(H,17,18). The van der Waals surface area contributed by atoms with Crippen LogP contribution in [-0.2, 0) is 10.1 Å². The van der Waals surface area contributed by atoms with Crippen molar-refractivity contribution in [2.75, 3.05) is 19.7 Å². The second-order valence-corrected chi connectivity index (χ2v) is 5.27.